The van der Waals surface area contributed by atoms with E-state index in [0.717, 1.165) is 36.0 Å². The van der Waals surface area contributed by atoms with Gasteiger partial charge in [0.2, 0.25) is 0 Å². The lowest BCUT2D eigenvalue weighted by atomic mass is 9.86. The van der Waals surface area contributed by atoms with Gasteiger partial charge in [0.15, 0.2) is 0 Å². The van der Waals surface area contributed by atoms with Gasteiger partial charge in [-0.1, -0.05) is 6.07 Å². The predicted molar refractivity (Wildman–Crippen MR) is 62.6 cm³/mol. The average Bonchev–Trinajstić information content (AvgIpc) is 2.38. The van der Waals surface area contributed by atoms with Crippen LogP contribution in [-0.4, -0.2) is 12.9 Å². The van der Waals surface area contributed by atoms with Gasteiger partial charge >= 0.3 is 0 Å². The van der Waals surface area contributed by atoms with Crippen LogP contribution in [0.5, 0.6) is 5.75 Å². The van der Waals surface area contributed by atoms with E-state index < -0.39 is 0 Å². The van der Waals surface area contributed by atoms with Crippen molar-refractivity contribution in [2.75, 3.05) is 6.61 Å². The fourth-order valence-corrected chi connectivity index (χ4v) is 2.58. The van der Waals surface area contributed by atoms with E-state index in [0.29, 0.717) is 6.61 Å². The third kappa shape index (κ3) is 1.45. The molecule has 0 bridgehead atoms. The van der Waals surface area contributed by atoms with Crippen molar-refractivity contribution in [2.24, 2.45) is 0 Å². The Bertz CT molecular complexity index is 472. The van der Waals surface area contributed by atoms with E-state index in [1.807, 2.05) is 12.1 Å². The number of carbonyl (C=O) groups is 1. The standard InChI is InChI=1S/C14H14O2/c15-8-10-7-13-12-4-2-1-3-11(12)5-6-14(13)16-9-10/h5-8H,1-4,9H2. The monoisotopic (exact) mass is 214 g/mol. The molecule has 16 heavy (non-hydrogen) atoms. The van der Waals surface area contributed by atoms with Crippen LogP contribution < -0.4 is 4.74 Å². The summed E-state index contributed by atoms with van der Waals surface area (Å²) in [6.45, 7) is 0.412. The van der Waals surface area contributed by atoms with Gasteiger partial charge in [-0.15, -0.1) is 0 Å². The molecule has 1 aromatic rings. The predicted octanol–water partition coefficient (Wildman–Crippen LogP) is 2.54. The third-order valence-corrected chi connectivity index (χ3v) is 3.41. The van der Waals surface area contributed by atoms with Crippen molar-refractivity contribution in [1.82, 2.24) is 0 Å². The molecule has 0 unspecified atom stereocenters. The largest absolute Gasteiger partial charge is 0.488 e. The molecule has 0 spiro atoms. The summed E-state index contributed by atoms with van der Waals surface area (Å²) in [6, 6.07) is 4.21. The second-order valence-corrected chi connectivity index (χ2v) is 4.45. The first-order valence-electron chi connectivity index (χ1n) is 5.82. The van der Waals surface area contributed by atoms with Gasteiger partial charge < -0.3 is 4.74 Å². The molecule has 1 heterocycles. The van der Waals surface area contributed by atoms with Crippen molar-refractivity contribution < 1.29 is 9.53 Å². The Hall–Kier alpha value is -1.57. The molecule has 3 rings (SSSR count). The Morgan fingerprint density at radius 2 is 2.06 bits per heavy atom. The Morgan fingerprint density at radius 1 is 1.19 bits per heavy atom. The Balaban J connectivity index is 2.16. The summed E-state index contributed by atoms with van der Waals surface area (Å²) in [4.78, 5) is 10.8. The van der Waals surface area contributed by atoms with Crippen LogP contribution in [0.1, 0.15) is 29.5 Å². The van der Waals surface area contributed by atoms with Crippen LogP contribution in [0.3, 0.4) is 0 Å². The van der Waals surface area contributed by atoms with E-state index in [1.165, 1.54) is 24.0 Å². The highest BCUT2D eigenvalue weighted by molar-refractivity contribution is 5.85. The first kappa shape index (κ1) is 9.64. The summed E-state index contributed by atoms with van der Waals surface area (Å²) in [5.74, 6) is 0.936. The van der Waals surface area contributed by atoms with E-state index in [2.05, 4.69) is 6.07 Å². The van der Waals surface area contributed by atoms with Crippen LogP contribution in [-0.2, 0) is 17.6 Å². The van der Waals surface area contributed by atoms with Crippen molar-refractivity contribution in [3.05, 3.63) is 34.4 Å². The number of hydrogen-bond acceptors (Lipinski definition) is 2. The van der Waals surface area contributed by atoms with Crippen LogP contribution in [0.4, 0.5) is 0 Å². The van der Waals surface area contributed by atoms with Crippen molar-refractivity contribution in [3.63, 3.8) is 0 Å². The third-order valence-electron chi connectivity index (χ3n) is 3.41. The van der Waals surface area contributed by atoms with Gasteiger partial charge in [0.25, 0.3) is 0 Å². The van der Waals surface area contributed by atoms with E-state index >= 15 is 0 Å². The molecule has 2 aliphatic rings. The topological polar surface area (TPSA) is 26.3 Å². The van der Waals surface area contributed by atoms with Crippen LogP contribution in [0.25, 0.3) is 6.08 Å². The molecule has 0 saturated heterocycles. The van der Waals surface area contributed by atoms with E-state index in [9.17, 15) is 4.79 Å². The molecule has 0 N–H and O–H groups in total. The van der Waals surface area contributed by atoms with E-state index in [1.54, 1.807) is 0 Å². The molecule has 0 atom stereocenters. The maximum absolute atomic E-state index is 10.8. The second-order valence-electron chi connectivity index (χ2n) is 4.45. The van der Waals surface area contributed by atoms with Gasteiger partial charge in [-0.25, -0.2) is 0 Å². The van der Waals surface area contributed by atoms with E-state index in [-0.39, 0.29) is 0 Å². The van der Waals surface area contributed by atoms with Crippen LogP contribution in [0.15, 0.2) is 17.7 Å². The fraction of sp³-hybridized carbons (Fsp3) is 0.357. The number of ether oxygens (including phenoxy) is 1. The molecule has 1 aliphatic heterocycles. The Kier molecular flexibility index (Phi) is 2.28. The minimum atomic E-state index is 0.412. The summed E-state index contributed by atoms with van der Waals surface area (Å²) in [6.07, 6.45) is 7.68. The summed E-state index contributed by atoms with van der Waals surface area (Å²) in [7, 11) is 0. The summed E-state index contributed by atoms with van der Waals surface area (Å²) in [5, 5.41) is 0. The lowest BCUT2D eigenvalue weighted by Crippen LogP contribution is -2.12. The lowest BCUT2D eigenvalue weighted by molar-refractivity contribution is -0.105. The van der Waals surface area contributed by atoms with Crippen molar-refractivity contribution in [2.45, 2.75) is 25.7 Å². The number of rotatable bonds is 1. The van der Waals surface area contributed by atoms with Crippen molar-refractivity contribution in [3.8, 4) is 5.75 Å². The SMILES string of the molecule is O=CC1=Cc2c(ccc3c2CCCC3)OC1. The zero-order chi connectivity index (χ0) is 11.0. The molecule has 0 fully saturated rings. The molecular formula is C14H14O2. The fourth-order valence-electron chi connectivity index (χ4n) is 2.58. The minimum absolute atomic E-state index is 0.412. The van der Waals surface area contributed by atoms with Gasteiger partial charge in [-0.3, -0.25) is 4.79 Å². The Morgan fingerprint density at radius 3 is 2.94 bits per heavy atom. The zero-order valence-electron chi connectivity index (χ0n) is 9.16. The second kappa shape index (κ2) is 3.78. The lowest BCUT2D eigenvalue weighted by Gasteiger charge is -2.23. The van der Waals surface area contributed by atoms with Gasteiger partial charge in [0, 0.05) is 11.1 Å². The summed E-state index contributed by atoms with van der Waals surface area (Å²) < 4.78 is 5.59. The first-order chi connectivity index (χ1) is 7.88. The summed E-state index contributed by atoms with van der Waals surface area (Å²) >= 11 is 0. The molecular weight excluding hydrogens is 200 g/mol. The molecule has 0 aromatic heterocycles. The number of carbonyl (C=O) groups excluding carboxylic acids is 1. The quantitative estimate of drug-likeness (QED) is 0.671. The van der Waals surface area contributed by atoms with Crippen molar-refractivity contribution >= 4 is 12.4 Å². The molecule has 0 amide bonds. The zero-order valence-corrected chi connectivity index (χ0v) is 9.16. The molecule has 1 aliphatic carbocycles. The first-order valence-corrected chi connectivity index (χ1v) is 5.82. The highest BCUT2D eigenvalue weighted by Gasteiger charge is 2.19. The average molecular weight is 214 g/mol. The number of hydrogen-bond donors (Lipinski definition) is 0. The summed E-state index contributed by atoms with van der Waals surface area (Å²) in [5.41, 5.74) is 4.71. The smallest absolute Gasteiger partial charge is 0.149 e. The maximum Gasteiger partial charge on any atom is 0.149 e. The highest BCUT2D eigenvalue weighted by Crippen LogP contribution is 2.34. The van der Waals surface area contributed by atoms with Gasteiger partial charge in [-0.2, -0.15) is 0 Å². The molecule has 2 heteroatoms. The van der Waals surface area contributed by atoms with Crippen LogP contribution in [0.2, 0.25) is 0 Å². The Labute approximate surface area is 94.9 Å². The normalized spacial score (nSPS) is 17.9. The van der Waals surface area contributed by atoms with Crippen molar-refractivity contribution in [1.29, 1.82) is 0 Å². The molecule has 0 saturated carbocycles. The van der Waals surface area contributed by atoms with Crippen LogP contribution in [0, 0.1) is 0 Å². The number of aldehydes is 1. The van der Waals surface area contributed by atoms with Crippen LogP contribution >= 0.6 is 0 Å². The highest BCUT2D eigenvalue weighted by atomic mass is 16.5. The maximum atomic E-state index is 10.8. The van der Waals surface area contributed by atoms with E-state index in [4.69, 9.17) is 4.74 Å². The molecule has 2 nitrogen and oxygen atoms in total. The minimum Gasteiger partial charge on any atom is -0.488 e. The van der Waals surface area contributed by atoms with Gasteiger partial charge in [0.05, 0.1) is 0 Å². The molecule has 1 aromatic carbocycles. The van der Waals surface area contributed by atoms with Gasteiger partial charge in [-0.05, 0) is 49.0 Å². The van der Waals surface area contributed by atoms with Gasteiger partial charge in [0.1, 0.15) is 18.6 Å². The molecule has 82 valence electrons. The number of fused-ring (bicyclic) bond motifs is 3. The molecule has 0 radical (unpaired) electrons. The number of aryl methyl sites for hydroxylation is 1. The number of benzene rings is 1.